The van der Waals surface area contributed by atoms with Gasteiger partial charge in [0.25, 0.3) is 0 Å². The molecule has 0 aromatic rings. The second kappa shape index (κ2) is 40.5. The quantitative estimate of drug-likeness (QED) is 0.0319. The third-order valence-corrected chi connectivity index (χ3v) is 9.99. The summed E-state index contributed by atoms with van der Waals surface area (Å²) in [6.07, 6.45) is 48.5. The number of unbranched alkanes of at least 4 members (excludes halogenated alkanes) is 22. The molecule has 0 radical (unpaired) electrons. The molecule has 0 aromatic carbocycles. The van der Waals surface area contributed by atoms with Crippen LogP contribution in [0.5, 0.6) is 0 Å². The number of allylic oxidation sites excluding steroid dienone is 8. The minimum absolute atomic E-state index is 0.346. The van der Waals surface area contributed by atoms with Crippen LogP contribution in [0.25, 0.3) is 0 Å². The Kier molecular flexibility index (Phi) is 39.1. The molecule has 304 valence electrons. The first-order valence-electron chi connectivity index (χ1n) is 22.0. The van der Waals surface area contributed by atoms with Crippen LogP contribution in [0.3, 0.4) is 0 Å². The fourth-order valence-electron chi connectivity index (χ4n) is 6.45. The second-order valence-electron chi connectivity index (χ2n) is 15.0. The summed E-state index contributed by atoms with van der Waals surface area (Å²) in [5.74, 6) is -0.607. The van der Waals surface area contributed by atoms with E-state index < -0.39 is 36.9 Å². The average Bonchev–Trinajstić information content (AvgIpc) is 3.15. The van der Waals surface area contributed by atoms with Crippen molar-refractivity contribution in [2.24, 2.45) is 0 Å². The van der Waals surface area contributed by atoms with Crippen LogP contribution in [0, 0.1) is 0 Å². The zero-order valence-corrected chi connectivity index (χ0v) is 34.0. The molecular weight excluding hydrogens is 647 g/mol. The molecule has 52 heavy (non-hydrogen) atoms. The zero-order valence-electron chi connectivity index (χ0n) is 34.0. The zero-order chi connectivity index (χ0) is 38.2. The summed E-state index contributed by atoms with van der Waals surface area (Å²) in [5, 5.41) is 43.6. The lowest BCUT2D eigenvalue weighted by Crippen LogP contribution is -2.53. The van der Waals surface area contributed by atoms with Crippen LogP contribution in [0.15, 0.2) is 48.6 Å². The molecule has 0 heterocycles. The van der Waals surface area contributed by atoms with E-state index >= 15 is 0 Å². The highest BCUT2D eigenvalue weighted by atomic mass is 16.3. The molecule has 6 nitrogen and oxygen atoms in total. The van der Waals surface area contributed by atoms with Gasteiger partial charge in [0.2, 0.25) is 5.91 Å². The first kappa shape index (κ1) is 50.3. The molecule has 5 N–H and O–H groups in total. The minimum atomic E-state index is -1.29. The van der Waals surface area contributed by atoms with Gasteiger partial charge < -0.3 is 25.7 Å². The first-order chi connectivity index (χ1) is 25.5. The Morgan fingerprint density at radius 2 is 0.865 bits per heavy atom. The van der Waals surface area contributed by atoms with Gasteiger partial charge >= 0.3 is 0 Å². The molecule has 0 aromatic heterocycles. The lowest BCUT2D eigenvalue weighted by atomic mass is 10.00. The van der Waals surface area contributed by atoms with Crippen molar-refractivity contribution in [2.45, 2.75) is 231 Å². The highest BCUT2D eigenvalue weighted by Crippen LogP contribution is 2.14. The van der Waals surface area contributed by atoms with E-state index in [0.29, 0.717) is 19.3 Å². The van der Waals surface area contributed by atoms with Crippen LogP contribution in [-0.2, 0) is 4.79 Å². The molecule has 0 saturated heterocycles. The van der Waals surface area contributed by atoms with Gasteiger partial charge in [0, 0.05) is 0 Å². The van der Waals surface area contributed by atoms with E-state index in [4.69, 9.17) is 0 Å². The third kappa shape index (κ3) is 34.1. The predicted octanol–water partition coefficient (Wildman–Crippen LogP) is 11.5. The highest BCUT2D eigenvalue weighted by molar-refractivity contribution is 5.80. The Balaban J connectivity index is 3.82. The van der Waals surface area contributed by atoms with E-state index in [1.54, 1.807) is 0 Å². The smallest absolute Gasteiger partial charge is 0.249 e. The maximum absolute atomic E-state index is 12.5. The number of nitrogens with one attached hydrogen (secondary N) is 1. The molecule has 0 aliphatic heterocycles. The molecule has 0 spiro atoms. The van der Waals surface area contributed by atoms with Crippen LogP contribution in [0.2, 0.25) is 0 Å². The van der Waals surface area contributed by atoms with Crippen LogP contribution in [-0.4, -0.2) is 57.3 Å². The predicted molar refractivity (Wildman–Crippen MR) is 223 cm³/mol. The Morgan fingerprint density at radius 3 is 1.33 bits per heavy atom. The van der Waals surface area contributed by atoms with Gasteiger partial charge in [-0.3, -0.25) is 4.79 Å². The van der Waals surface area contributed by atoms with E-state index in [0.717, 1.165) is 57.8 Å². The van der Waals surface area contributed by atoms with Crippen LogP contribution in [0.4, 0.5) is 0 Å². The standard InChI is InChI=1S/C46H85NO5/c1-3-5-7-9-11-13-15-17-19-20-21-22-23-24-25-26-28-30-32-34-36-38-40-44(50)46(52)47-42(41-48)45(51)43(49)39-37-35-33-31-29-27-18-16-14-12-10-8-6-4-2/h16,18,21-22,24-25,31,33,42-45,48-51H,3-15,17,19-20,23,26-30,32,34-41H2,1-2H3,(H,47,52)/b18-16+,22-21-,25-24-,33-31+. The molecule has 1 amide bonds. The number of hydrogen-bond acceptors (Lipinski definition) is 5. The number of amides is 1. The van der Waals surface area contributed by atoms with E-state index in [1.807, 2.05) is 0 Å². The summed E-state index contributed by atoms with van der Waals surface area (Å²) in [5.41, 5.74) is 0. The summed E-state index contributed by atoms with van der Waals surface area (Å²) >= 11 is 0. The number of carbonyl (C=O) groups is 1. The molecule has 0 bridgehead atoms. The van der Waals surface area contributed by atoms with Crippen molar-refractivity contribution in [3.05, 3.63) is 48.6 Å². The van der Waals surface area contributed by atoms with Crippen molar-refractivity contribution in [3.63, 3.8) is 0 Å². The molecule has 0 rings (SSSR count). The number of carbonyl (C=O) groups excluding carboxylic acids is 1. The molecule has 0 aliphatic carbocycles. The summed E-state index contributed by atoms with van der Waals surface area (Å²) < 4.78 is 0. The topological polar surface area (TPSA) is 110 Å². The van der Waals surface area contributed by atoms with Gasteiger partial charge in [-0.25, -0.2) is 0 Å². The average molecular weight is 732 g/mol. The van der Waals surface area contributed by atoms with Gasteiger partial charge in [0.1, 0.15) is 12.2 Å². The second-order valence-corrected chi connectivity index (χ2v) is 15.0. The van der Waals surface area contributed by atoms with Gasteiger partial charge in [-0.15, -0.1) is 0 Å². The maximum Gasteiger partial charge on any atom is 0.249 e. The summed E-state index contributed by atoms with van der Waals surface area (Å²) in [4.78, 5) is 12.5. The third-order valence-electron chi connectivity index (χ3n) is 9.99. The monoisotopic (exact) mass is 732 g/mol. The molecule has 4 atom stereocenters. The fraction of sp³-hybridized carbons (Fsp3) is 0.804. The Bertz CT molecular complexity index is 869. The number of aliphatic hydroxyl groups is 4. The Hall–Kier alpha value is -1.73. The van der Waals surface area contributed by atoms with Crippen LogP contribution < -0.4 is 5.32 Å². The Morgan fingerprint density at radius 1 is 0.481 bits per heavy atom. The minimum Gasteiger partial charge on any atom is -0.394 e. The molecule has 0 aliphatic rings. The van der Waals surface area contributed by atoms with Crippen molar-refractivity contribution in [1.29, 1.82) is 0 Å². The van der Waals surface area contributed by atoms with Gasteiger partial charge in [-0.2, -0.15) is 0 Å². The molecular formula is C46H85NO5. The lowest BCUT2D eigenvalue weighted by Gasteiger charge is -2.27. The fourth-order valence-corrected chi connectivity index (χ4v) is 6.45. The number of rotatable bonds is 39. The summed E-state index contributed by atoms with van der Waals surface area (Å²) in [6.45, 7) is 4.01. The SMILES string of the molecule is CCCCCCC/C=C/CC/C=C/CCCC(O)C(O)C(CO)NC(=O)C(O)CCCCCCCC/C=C\C/C=C\CCCCCCCCCCC. The van der Waals surface area contributed by atoms with E-state index in [-0.39, 0.29) is 0 Å². The van der Waals surface area contributed by atoms with Gasteiger partial charge in [0.15, 0.2) is 0 Å². The summed E-state index contributed by atoms with van der Waals surface area (Å²) in [6, 6.07) is -1.01. The molecule has 0 saturated carbocycles. The van der Waals surface area contributed by atoms with Gasteiger partial charge in [-0.1, -0.05) is 172 Å². The summed E-state index contributed by atoms with van der Waals surface area (Å²) in [7, 11) is 0. The first-order valence-corrected chi connectivity index (χ1v) is 22.0. The highest BCUT2D eigenvalue weighted by Gasteiger charge is 2.28. The number of hydrogen-bond donors (Lipinski definition) is 5. The van der Waals surface area contributed by atoms with Gasteiger partial charge in [0.05, 0.1) is 18.8 Å². The van der Waals surface area contributed by atoms with E-state index in [9.17, 15) is 25.2 Å². The van der Waals surface area contributed by atoms with Crippen molar-refractivity contribution >= 4 is 5.91 Å². The van der Waals surface area contributed by atoms with E-state index in [2.05, 4.69) is 67.8 Å². The number of aliphatic hydroxyl groups excluding tert-OH is 4. The van der Waals surface area contributed by atoms with Crippen LogP contribution >= 0.6 is 0 Å². The Labute approximate surface area is 321 Å². The van der Waals surface area contributed by atoms with E-state index in [1.165, 1.54) is 116 Å². The van der Waals surface area contributed by atoms with Crippen molar-refractivity contribution in [2.75, 3.05) is 6.61 Å². The molecule has 0 fully saturated rings. The molecule has 6 heteroatoms. The van der Waals surface area contributed by atoms with Crippen molar-refractivity contribution in [3.8, 4) is 0 Å². The maximum atomic E-state index is 12.5. The largest absolute Gasteiger partial charge is 0.394 e. The van der Waals surface area contributed by atoms with Crippen molar-refractivity contribution < 1.29 is 25.2 Å². The molecule has 4 unspecified atom stereocenters. The lowest BCUT2D eigenvalue weighted by molar-refractivity contribution is -0.132. The van der Waals surface area contributed by atoms with Crippen LogP contribution in [0.1, 0.15) is 206 Å². The van der Waals surface area contributed by atoms with Gasteiger partial charge in [-0.05, 0) is 83.5 Å². The van der Waals surface area contributed by atoms with Crippen molar-refractivity contribution in [1.82, 2.24) is 5.32 Å². The normalized spacial score (nSPS) is 14.7.